The molecule has 0 aliphatic heterocycles. The first-order valence-corrected chi connectivity index (χ1v) is 5.53. The lowest BCUT2D eigenvalue weighted by Gasteiger charge is -2.18. The Hall–Kier alpha value is -2.37. The highest BCUT2D eigenvalue weighted by atomic mass is 16.2. The molecule has 2 aromatic rings. The zero-order valence-corrected chi connectivity index (χ0v) is 10.4. The van der Waals surface area contributed by atoms with Crippen molar-refractivity contribution in [3.8, 4) is 0 Å². The molecule has 94 valence electrons. The fraction of sp³-hybridized carbons (Fsp3) is 0.250. The van der Waals surface area contributed by atoms with E-state index in [1.54, 1.807) is 41.0 Å². The van der Waals surface area contributed by atoms with Crippen molar-refractivity contribution in [3.63, 3.8) is 0 Å². The van der Waals surface area contributed by atoms with Gasteiger partial charge < -0.3 is 4.90 Å². The van der Waals surface area contributed by atoms with E-state index >= 15 is 0 Å². The van der Waals surface area contributed by atoms with Crippen LogP contribution < -0.4 is 5.32 Å². The number of hydrogen-bond donors (Lipinski definition) is 1. The largest absolute Gasteiger partial charge is 0.324 e. The van der Waals surface area contributed by atoms with E-state index in [0.717, 1.165) is 5.57 Å². The average Bonchev–Trinajstić information content (AvgIpc) is 2.77. The number of hydrogen-bond acceptors (Lipinski definition) is 3. The number of carbonyl (C=O) groups excluding carboxylic acids is 1. The molecule has 2 rings (SSSR count). The van der Waals surface area contributed by atoms with Crippen LogP contribution in [0.25, 0.3) is 5.65 Å². The zero-order chi connectivity index (χ0) is 13.1. The van der Waals surface area contributed by atoms with Crippen molar-refractivity contribution >= 4 is 17.5 Å². The van der Waals surface area contributed by atoms with Gasteiger partial charge >= 0.3 is 6.03 Å². The van der Waals surface area contributed by atoms with Crippen molar-refractivity contribution in [2.75, 3.05) is 18.9 Å². The van der Waals surface area contributed by atoms with E-state index in [1.165, 1.54) is 0 Å². The summed E-state index contributed by atoms with van der Waals surface area (Å²) in [6.45, 7) is 6.17. The minimum Gasteiger partial charge on any atom is -0.324 e. The maximum atomic E-state index is 11.9. The average molecular weight is 245 g/mol. The number of carbonyl (C=O) groups is 1. The minimum atomic E-state index is -0.207. The molecule has 0 aliphatic carbocycles. The zero-order valence-electron chi connectivity index (χ0n) is 10.4. The van der Waals surface area contributed by atoms with Gasteiger partial charge in [0.05, 0.1) is 6.20 Å². The third-order valence-corrected chi connectivity index (χ3v) is 2.38. The number of urea groups is 1. The summed E-state index contributed by atoms with van der Waals surface area (Å²) in [5, 5.41) is 6.88. The second-order valence-corrected chi connectivity index (χ2v) is 4.17. The predicted molar refractivity (Wildman–Crippen MR) is 69.4 cm³/mol. The van der Waals surface area contributed by atoms with Crippen LogP contribution in [0, 0.1) is 0 Å². The van der Waals surface area contributed by atoms with E-state index in [1.807, 2.05) is 6.92 Å². The molecule has 0 aliphatic rings. The number of aromatic nitrogens is 3. The van der Waals surface area contributed by atoms with Crippen molar-refractivity contribution in [3.05, 3.63) is 36.7 Å². The van der Waals surface area contributed by atoms with Crippen molar-refractivity contribution in [1.82, 2.24) is 19.5 Å². The molecule has 0 fully saturated rings. The monoisotopic (exact) mass is 245 g/mol. The first-order chi connectivity index (χ1) is 8.58. The van der Waals surface area contributed by atoms with Crippen molar-refractivity contribution < 1.29 is 4.79 Å². The first-order valence-electron chi connectivity index (χ1n) is 5.53. The lowest BCUT2D eigenvalue weighted by Crippen LogP contribution is -2.33. The molecule has 2 heterocycles. The van der Waals surface area contributed by atoms with Gasteiger partial charge in [0.25, 0.3) is 0 Å². The smallest absolute Gasteiger partial charge is 0.323 e. The fourth-order valence-corrected chi connectivity index (χ4v) is 1.61. The van der Waals surface area contributed by atoms with Crippen LogP contribution in [-0.4, -0.2) is 39.1 Å². The third kappa shape index (κ3) is 2.48. The van der Waals surface area contributed by atoms with Gasteiger partial charge in [-0.25, -0.2) is 9.78 Å². The highest BCUT2D eigenvalue weighted by molar-refractivity contribution is 5.88. The molecular formula is C12H15N5O. The lowest BCUT2D eigenvalue weighted by molar-refractivity contribution is 0.225. The molecule has 0 atom stereocenters. The molecule has 2 amide bonds. The highest BCUT2D eigenvalue weighted by Crippen LogP contribution is 2.09. The summed E-state index contributed by atoms with van der Waals surface area (Å²) < 4.78 is 1.58. The van der Waals surface area contributed by atoms with Crippen LogP contribution in [0.4, 0.5) is 10.6 Å². The quantitative estimate of drug-likeness (QED) is 0.838. The normalized spacial score (nSPS) is 10.3. The maximum absolute atomic E-state index is 11.9. The molecule has 0 spiro atoms. The molecular weight excluding hydrogens is 230 g/mol. The van der Waals surface area contributed by atoms with Crippen molar-refractivity contribution in [2.24, 2.45) is 0 Å². The van der Waals surface area contributed by atoms with Crippen LogP contribution in [0.1, 0.15) is 6.92 Å². The van der Waals surface area contributed by atoms with E-state index < -0.39 is 0 Å². The molecule has 6 heteroatoms. The molecule has 0 unspecified atom stereocenters. The maximum Gasteiger partial charge on any atom is 0.323 e. The van der Waals surface area contributed by atoms with Gasteiger partial charge in [0.2, 0.25) is 0 Å². The summed E-state index contributed by atoms with van der Waals surface area (Å²) in [5.74, 6) is 0.587. The number of amides is 2. The Balaban J connectivity index is 2.16. The summed E-state index contributed by atoms with van der Waals surface area (Å²) in [6.07, 6.45) is 3.26. The van der Waals surface area contributed by atoms with E-state index in [-0.39, 0.29) is 6.03 Å². The number of nitrogens with one attached hydrogen (secondary N) is 1. The first kappa shape index (κ1) is 12.1. The van der Waals surface area contributed by atoms with Crippen molar-refractivity contribution in [2.45, 2.75) is 6.92 Å². The Morgan fingerprint density at radius 1 is 1.50 bits per heavy atom. The van der Waals surface area contributed by atoms with E-state index in [2.05, 4.69) is 22.0 Å². The molecule has 0 saturated carbocycles. The topological polar surface area (TPSA) is 62.5 Å². The van der Waals surface area contributed by atoms with Gasteiger partial charge in [0, 0.05) is 25.9 Å². The van der Waals surface area contributed by atoms with Gasteiger partial charge in [-0.2, -0.15) is 9.61 Å². The summed E-state index contributed by atoms with van der Waals surface area (Å²) in [6, 6.07) is 3.26. The summed E-state index contributed by atoms with van der Waals surface area (Å²) >= 11 is 0. The molecule has 1 N–H and O–H groups in total. The van der Waals surface area contributed by atoms with Gasteiger partial charge in [-0.15, -0.1) is 0 Å². The van der Waals surface area contributed by atoms with Gasteiger partial charge in [-0.1, -0.05) is 12.2 Å². The van der Waals surface area contributed by atoms with E-state index in [9.17, 15) is 4.79 Å². The Morgan fingerprint density at radius 3 is 3.00 bits per heavy atom. The molecule has 0 aromatic carbocycles. The number of nitrogens with zero attached hydrogens (tertiary/aromatic N) is 4. The minimum absolute atomic E-state index is 0.207. The van der Waals surface area contributed by atoms with E-state index in [0.29, 0.717) is 18.0 Å². The molecule has 0 radical (unpaired) electrons. The predicted octanol–water partition coefficient (Wildman–Crippen LogP) is 1.77. The Kier molecular flexibility index (Phi) is 3.27. The van der Waals surface area contributed by atoms with Crippen LogP contribution in [0.5, 0.6) is 0 Å². The van der Waals surface area contributed by atoms with E-state index in [4.69, 9.17) is 0 Å². The second-order valence-electron chi connectivity index (χ2n) is 4.17. The Bertz CT molecular complexity index is 589. The number of fused-ring (bicyclic) bond motifs is 1. The van der Waals surface area contributed by atoms with Crippen LogP contribution in [0.3, 0.4) is 0 Å². The second kappa shape index (κ2) is 4.87. The Labute approximate surface area is 105 Å². The number of anilines is 1. The standard InChI is InChI=1S/C12H15N5O/c1-9(2)8-16(3)12(18)15-11-4-6-13-10-5-7-14-17(10)11/h4-7H,1,8H2,2-3H3,(H,15,18). The van der Waals surface area contributed by atoms with Gasteiger partial charge in [-0.3, -0.25) is 5.32 Å². The van der Waals surface area contributed by atoms with Crippen LogP contribution in [0.2, 0.25) is 0 Å². The summed E-state index contributed by atoms with van der Waals surface area (Å²) in [5.41, 5.74) is 1.61. The van der Waals surface area contributed by atoms with Crippen LogP contribution in [-0.2, 0) is 0 Å². The van der Waals surface area contributed by atoms with Crippen LogP contribution in [0.15, 0.2) is 36.7 Å². The third-order valence-electron chi connectivity index (χ3n) is 2.38. The van der Waals surface area contributed by atoms with Gasteiger partial charge in [0.15, 0.2) is 5.65 Å². The molecule has 6 nitrogen and oxygen atoms in total. The molecule has 0 saturated heterocycles. The van der Waals surface area contributed by atoms with Crippen molar-refractivity contribution in [1.29, 1.82) is 0 Å². The summed E-state index contributed by atoms with van der Waals surface area (Å²) in [7, 11) is 1.71. The van der Waals surface area contributed by atoms with Gasteiger partial charge in [0.1, 0.15) is 5.82 Å². The lowest BCUT2D eigenvalue weighted by atomic mass is 10.3. The molecule has 18 heavy (non-hydrogen) atoms. The Morgan fingerprint density at radius 2 is 2.28 bits per heavy atom. The van der Waals surface area contributed by atoms with Gasteiger partial charge in [-0.05, 0) is 13.0 Å². The number of likely N-dealkylation sites (N-methyl/N-ethyl adjacent to an activating group) is 1. The molecule has 0 bridgehead atoms. The molecule has 2 aromatic heterocycles. The fourth-order valence-electron chi connectivity index (χ4n) is 1.61. The summed E-state index contributed by atoms with van der Waals surface area (Å²) in [4.78, 5) is 17.6. The van der Waals surface area contributed by atoms with Crippen LogP contribution >= 0.6 is 0 Å². The number of rotatable bonds is 3. The highest BCUT2D eigenvalue weighted by Gasteiger charge is 2.10. The SMILES string of the molecule is C=C(C)CN(C)C(=O)Nc1ccnc2ccnn12.